The molecule has 24 heavy (non-hydrogen) atoms. The number of benzene rings is 2. The number of amides is 1. The summed E-state index contributed by atoms with van der Waals surface area (Å²) in [6.07, 6.45) is 0.449. The highest BCUT2D eigenvalue weighted by atomic mass is 16.7. The van der Waals surface area contributed by atoms with E-state index in [9.17, 15) is 4.79 Å². The highest BCUT2D eigenvalue weighted by molar-refractivity contribution is 5.90. The molecule has 2 aliphatic rings. The van der Waals surface area contributed by atoms with Crippen LogP contribution < -0.4 is 0 Å². The number of hydrogen-bond acceptors (Lipinski definition) is 3. The van der Waals surface area contributed by atoms with Gasteiger partial charge in [-0.3, -0.25) is 4.79 Å². The monoisotopic (exact) mass is 325 g/mol. The van der Waals surface area contributed by atoms with E-state index in [-0.39, 0.29) is 11.3 Å². The molecule has 126 valence electrons. The van der Waals surface area contributed by atoms with Crippen LogP contribution in [0.1, 0.15) is 19.4 Å². The van der Waals surface area contributed by atoms with E-state index in [4.69, 9.17) is 9.47 Å². The number of likely N-dealkylation sites (tertiary alicyclic amines) is 1. The number of ether oxygens (including phenoxy) is 2. The Morgan fingerprint density at radius 2 is 1.71 bits per heavy atom. The first-order valence-corrected chi connectivity index (χ1v) is 8.49. The Bertz CT molecular complexity index is 760. The summed E-state index contributed by atoms with van der Waals surface area (Å²) in [5, 5.41) is 2.34. The molecule has 0 atom stereocenters. The maximum Gasteiger partial charge on any atom is 0.227 e. The predicted octanol–water partition coefficient (Wildman–Crippen LogP) is 2.99. The molecule has 0 unspecified atom stereocenters. The molecule has 2 fully saturated rings. The molecule has 0 aliphatic carbocycles. The molecule has 2 aromatic carbocycles. The van der Waals surface area contributed by atoms with E-state index in [2.05, 4.69) is 18.2 Å². The molecule has 2 aliphatic heterocycles. The summed E-state index contributed by atoms with van der Waals surface area (Å²) in [5.41, 5.74) is 1.08. The Hall–Kier alpha value is -1.91. The minimum atomic E-state index is -0.501. The van der Waals surface area contributed by atoms with E-state index in [0.29, 0.717) is 19.6 Å². The molecule has 4 rings (SSSR count). The standard InChI is InChI=1S/C20H23NO3/c1-19(2)23-13-20(14-24-19)11-21(12-20)18(22)10-16-8-5-7-15-6-3-4-9-17(15)16/h3-9H,10-14H2,1-2H3. The van der Waals surface area contributed by atoms with Crippen LogP contribution >= 0.6 is 0 Å². The normalized spacial score (nSPS) is 21.7. The molecule has 0 radical (unpaired) electrons. The van der Waals surface area contributed by atoms with Crippen molar-refractivity contribution < 1.29 is 14.3 Å². The molecule has 2 heterocycles. The summed E-state index contributed by atoms with van der Waals surface area (Å²) < 4.78 is 11.5. The first-order valence-electron chi connectivity index (χ1n) is 8.49. The highest BCUT2D eigenvalue weighted by Crippen LogP contribution is 2.37. The molecule has 1 spiro atoms. The Morgan fingerprint density at radius 1 is 1.04 bits per heavy atom. The number of carbonyl (C=O) groups is 1. The van der Waals surface area contributed by atoms with Gasteiger partial charge in [-0.1, -0.05) is 42.5 Å². The van der Waals surface area contributed by atoms with Crippen LogP contribution in [-0.4, -0.2) is 42.9 Å². The van der Waals surface area contributed by atoms with Crippen LogP contribution in [0, 0.1) is 5.41 Å². The Labute approximate surface area is 142 Å². The number of fused-ring (bicyclic) bond motifs is 1. The molecule has 4 heteroatoms. The summed E-state index contributed by atoms with van der Waals surface area (Å²) in [6.45, 7) is 6.65. The Morgan fingerprint density at radius 3 is 2.46 bits per heavy atom. The summed E-state index contributed by atoms with van der Waals surface area (Å²) in [5.74, 6) is -0.319. The number of rotatable bonds is 2. The lowest BCUT2D eigenvalue weighted by Gasteiger charge is -2.54. The van der Waals surface area contributed by atoms with Crippen LogP contribution in [0.5, 0.6) is 0 Å². The average molecular weight is 325 g/mol. The Balaban J connectivity index is 1.41. The summed E-state index contributed by atoms with van der Waals surface area (Å²) in [4.78, 5) is 14.6. The van der Waals surface area contributed by atoms with Crippen molar-refractivity contribution in [3.8, 4) is 0 Å². The van der Waals surface area contributed by atoms with E-state index in [1.54, 1.807) is 0 Å². The van der Waals surface area contributed by atoms with Gasteiger partial charge < -0.3 is 14.4 Å². The molecule has 0 aromatic heterocycles. The fraction of sp³-hybridized carbons (Fsp3) is 0.450. The second-order valence-corrected chi connectivity index (χ2v) is 7.54. The van der Waals surface area contributed by atoms with Crippen molar-refractivity contribution in [2.45, 2.75) is 26.1 Å². The zero-order valence-corrected chi connectivity index (χ0v) is 14.2. The van der Waals surface area contributed by atoms with Crippen molar-refractivity contribution >= 4 is 16.7 Å². The first-order chi connectivity index (χ1) is 11.5. The quantitative estimate of drug-likeness (QED) is 0.852. The third kappa shape index (κ3) is 2.80. The largest absolute Gasteiger partial charge is 0.350 e. The van der Waals surface area contributed by atoms with Gasteiger partial charge in [-0.25, -0.2) is 0 Å². The van der Waals surface area contributed by atoms with Crippen molar-refractivity contribution in [2.75, 3.05) is 26.3 Å². The van der Waals surface area contributed by atoms with Crippen molar-refractivity contribution in [3.05, 3.63) is 48.0 Å². The zero-order valence-electron chi connectivity index (χ0n) is 14.2. The summed E-state index contributed by atoms with van der Waals surface area (Å²) >= 11 is 0. The van der Waals surface area contributed by atoms with E-state index in [0.717, 1.165) is 24.0 Å². The molecule has 0 saturated carbocycles. The second-order valence-electron chi connectivity index (χ2n) is 7.54. The minimum Gasteiger partial charge on any atom is -0.350 e. The van der Waals surface area contributed by atoms with Gasteiger partial charge in [-0.15, -0.1) is 0 Å². The lowest BCUT2D eigenvalue weighted by atomic mass is 9.80. The van der Waals surface area contributed by atoms with Crippen molar-refractivity contribution in [2.24, 2.45) is 5.41 Å². The molecule has 0 bridgehead atoms. The maximum absolute atomic E-state index is 12.6. The summed E-state index contributed by atoms with van der Waals surface area (Å²) in [7, 11) is 0. The van der Waals surface area contributed by atoms with Crippen molar-refractivity contribution in [1.29, 1.82) is 0 Å². The van der Waals surface area contributed by atoms with Gasteiger partial charge >= 0.3 is 0 Å². The fourth-order valence-corrected chi connectivity index (χ4v) is 3.58. The average Bonchev–Trinajstić information content (AvgIpc) is 2.53. The highest BCUT2D eigenvalue weighted by Gasteiger charge is 2.49. The molecule has 2 saturated heterocycles. The summed E-state index contributed by atoms with van der Waals surface area (Å²) in [6, 6.07) is 14.4. The number of carbonyl (C=O) groups excluding carboxylic acids is 1. The molecule has 1 amide bonds. The van der Waals surface area contributed by atoms with E-state index in [1.165, 1.54) is 5.39 Å². The van der Waals surface area contributed by atoms with Gasteiger partial charge in [0, 0.05) is 13.1 Å². The minimum absolute atomic E-state index is 0.00998. The van der Waals surface area contributed by atoms with Crippen LogP contribution in [0.15, 0.2) is 42.5 Å². The van der Waals surface area contributed by atoms with Crippen LogP contribution in [-0.2, 0) is 20.7 Å². The second kappa shape index (κ2) is 5.57. The van der Waals surface area contributed by atoms with Gasteiger partial charge in [0.25, 0.3) is 0 Å². The molecular formula is C20H23NO3. The Kier molecular flexibility index (Phi) is 3.62. The van der Waals surface area contributed by atoms with Gasteiger partial charge in [0.1, 0.15) is 0 Å². The first kappa shape index (κ1) is 15.6. The van der Waals surface area contributed by atoms with Crippen molar-refractivity contribution in [1.82, 2.24) is 4.90 Å². The van der Waals surface area contributed by atoms with Crippen LogP contribution in [0.4, 0.5) is 0 Å². The van der Waals surface area contributed by atoms with Gasteiger partial charge in [0.05, 0.1) is 25.0 Å². The third-order valence-electron chi connectivity index (χ3n) is 5.08. The number of hydrogen-bond donors (Lipinski definition) is 0. The van der Waals surface area contributed by atoms with Crippen LogP contribution in [0.2, 0.25) is 0 Å². The lowest BCUT2D eigenvalue weighted by molar-refractivity contribution is -0.302. The van der Waals surface area contributed by atoms with Crippen LogP contribution in [0.25, 0.3) is 10.8 Å². The number of nitrogens with zero attached hydrogens (tertiary/aromatic N) is 1. The lowest BCUT2D eigenvalue weighted by Crippen LogP contribution is -2.66. The van der Waals surface area contributed by atoms with Gasteiger partial charge in [-0.2, -0.15) is 0 Å². The smallest absolute Gasteiger partial charge is 0.227 e. The van der Waals surface area contributed by atoms with Gasteiger partial charge in [-0.05, 0) is 30.2 Å². The molecule has 4 nitrogen and oxygen atoms in total. The molecular weight excluding hydrogens is 302 g/mol. The van der Waals surface area contributed by atoms with Gasteiger partial charge in [0.2, 0.25) is 5.91 Å². The van der Waals surface area contributed by atoms with E-state index >= 15 is 0 Å². The SMILES string of the molecule is CC1(C)OCC2(CO1)CN(C(=O)Cc1cccc3ccccc13)C2. The topological polar surface area (TPSA) is 38.8 Å². The van der Waals surface area contributed by atoms with E-state index in [1.807, 2.05) is 43.0 Å². The third-order valence-corrected chi connectivity index (χ3v) is 5.08. The van der Waals surface area contributed by atoms with Gasteiger partial charge in [0.15, 0.2) is 5.79 Å². The zero-order chi connectivity index (χ0) is 16.8. The van der Waals surface area contributed by atoms with Crippen molar-refractivity contribution in [3.63, 3.8) is 0 Å². The maximum atomic E-state index is 12.6. The van der Waals surface area contributed by atoms with E-state index < -0.39 is 5.79 Å². The molecule has 2 aromatic rings. The predicted molar refractivity (Wildman–Crippen MR) is 92.6 cm³/mol. The fourth-order valence-electron chi connectivity index (χ4n) is 3.58. The molecule has 0 N–H and O–H groups in total. The van der Waals surface area contributed by atoms with Crippen LogP contribution in [0.3, 0.4) is 0 Å².